The minimum atomic E-state index is -0.547. The van der Waals surface area contributed by atoms with Crippen molar-refractivity contribution < 1.29 is 4.79 Å². The Morgan fingerprint density at radius 2 is 2.12 bits per heavy atom. The predicted octanol–water partition coefficient (Wildman–Crippen LogP) is 2.29. The number of imidazole rings is 1. The SMILES string of the molecule is CCSc1ccc(-c2cnc(C(N)=O)[nH]2)cc1. The number of benzene rings is 1. The van der Waals surface area contributed by atoms with Crippen LogP contribution in [-0.2, 0) is 0 Å². The lowest BCUT2D eigenvalue weighted by Gasteiger charge is -2.00. The van der Waals surface area contributed by atoms with Crippen molar-refractivity contribution in [1.82, 2.24) is 9.97 Å². The van der Waals surface area contributed by atoms with E-state index in [9.17, 15) is 4.79 Å². The average molecular weight is 247 g/mol. The zero-order chi connectivity index (χ0) is 12.3. The van der Waals surface area contributed by atoms with Crippen LogP contribution < -0.4 is 5.73 Å². The monoisotopic (exact) mass is 247 g/mol. The third-order valence-electron chi connectivity index (χ3n) is 2.29. The van der Waals surface area contributed by atoms with Crippen molar-refractivity contribution in [2.45, 2.75) is 11.8 Å². The maximum atomic E-state index is 10.9. The van der Waals surface area contributed by atoms with Crippen molar-refractivity contribution in [2.75, 3.05) is 5.75 Å². The number of primary amides is 1. The van der Waals surface area contributed by atoms with Crippen LogP contribution in [0.1, 0.15) is 17.5 Å². The van der Waals surface area contributed by atoms with E-state index in [-0.39, 0.29) is 5.82 Å². The number of nitrogens with one attached hydrogen (secondary N) is 1. The van der Waals surface area contributed by atoms with Gasteiger partial charge in [0.25, 0.3) is 5.91 Å². The molecule has 88 valence electrons. The van der Waals surface area contributed by atoms with Crippen LogP contribution in [0.2, 0.25) is 0 Å². The molecule has 5 heteroatoms. The third kappa shape index (κ3) is 2.68. The van der Waals surface area contributed by atoms with E-state index in [1.807, 2.05) is 24.3 Å². The van der Waals surface area contributed by atoms with Gasteiger partial charge in [0.05, 0.1) is 11.9 Å². The lowest BCUT2D eigenvalue weighted by molar-refractivity contribution is 0.0991. The number of H-pyrrole nitrogens is 1. The minimum absolute atomic E-state index is 0.187. The number of carbonyl (C=O) groups is 1. The lowest BCUT2D eigenvalue weighted by atomic mass is 10.2. The van der Waals surface area contributed by atoms with Gasteiger partial charge in [-0.15, -0.1) is 11.8 Å². The van der Waals surface area contributed by atoms with Crippen LogP contribution in [0.15, 0.2) is 35.4 Å². The molecule has 4 nitrogen and oxygen atoms in total. The molecule has 0 saturated heterocycles. The Kier molecular flexibility index (Phi) is 3.49. The number of hydrogen-bond donors (Lipinski definition) is 2. The first kappa shape index (κ1) is 11.7. The number of aromatic amines is 1. The Bertz CT molecular complexity index is 519. The number of aromatic nitrogens is 2. The molecule has 1 heterocycles. The number of nitrogens with two attached hydrogens (primary N) is 1. The van der Waals surface area contributed by atoms with E-state index in [1.165, 1.54) is 4.90 Å². The second kappa shape index (κ2) is 5.05. The molecule has 3 N–H and O–H groups in total. The van der Waals surface area contributed by atoms with Gasteiger partial charge >= 0.3 is 0 Å². The highest BCUT2D eigenvalue weighted by molar-refractivity contribution is 7.99. The predicted molar refractivity (Wildman–Crippen MR) is 68.9 cm³/mol. The van der Waals surface area contributed by atoms with E-state index in [4.69, 9.17) is 5.73 Å². The molecule has 0 aliphatic carbocycles. The summed E-state index contributed by atoms with van der Waals surface area (Å²) in [4.78, 5) is 18.9. The number of amides is 1. The Morgan fingerprint density at radius 1 is 1.41 bits per heavy atom. The van der Waals surface area contributed by atoms with Crippen molar-refractivity contribution in [3.05, 3.63) is 36.3 Å². The summed E-state index contributed by atoms with van der Waals surface area (Å²) in [5.74, 6) is 0.691. The van der Waals surface area contributed by atoms with E-state index >= 15 is 0 Å². The summed E-state index contributed by atoms with van der Waals surface area (Å²) in [6, 6.07) is 8.09. The maximum Gasteiger partial charge on any atom is 0.284 e. The molecule has 0 spiro atoms. The molecule has 0 radical (unpaired) electrons. The number of nitrogens with zero attached hydrogens (tertiary/aromatic N) is 1. The van der Waals surface area contributed by atoms with Gasteiger partial charge in [-0.2, -0.15) is 0 Å². The summed E-state index contributed by atoms with van der Waals surface area (Å²) in [6.07, 6.45) is 1.61. The minimum Gasteiger partial charge on any atom is -0.363 e. The molecule has 0 fully saturated rings. The molecule has 0 saturated carbocycles. The standard InChI is InChI=1S/C12H13N3OS/c1-2-17-9-5-3-8(4-6-9)10-7-14-12(15-10)11(13)16/h3-7H,2H2,1H3,(H2,13,16)(H,14,15). The van der Waals surface area contributed by atoms with Gasteiger partial charge in [0.2, 0.25) is 0 Å². The molecule has 0 aliphatic heterocycles. The van der Waals surface area contributed by atoms with E-state index in [0.717, 1.165) is 17.0 Å². The fraction of sp³-hybridized carbons (Fsp3) is 0.167. The van der Waals surface area contributed by atoms with Gasteiger partial charge in [0.1, 0.15) is 0 Å². The highest BCUT2D eigenvalue weighted by atomic mass is 32.2. The Morgan fingerprint density at radius 3 is 2.65 bits per heavy atom. The fourth-order valence-electron chi connectivity index (χ4n) is 1.49. The lowest BCUT2D eigenvalue weighted by Crippen LogP contribution is -2.12. The van der Waals surface area contributed by atoms with E-state index in [2.05, 4.69) is 16.9 Å². The molecule has 1 aromatic heterocycles. The van der Waals surface area contributed by atoms with Gasteiger partial charge < -0.3 is 10.7 Å². The molecular weight excluding hydrogens is 234 g/mol. The van der Waals surface area contributed by atoms with Crippen molar-refractivity contribution >= 4 is 17.7 Å². The van der Waals surface area contributed by atoms with Gasteiger partial charge in [-0.05, 0) is 23.4 Å². The van der Waals surface area contributed by atoms with Crippen molar-refractivity contribution in [3.63, 3.8) is 0 Å². The topological polar surface area (TPSA) is 71.8 Å². The first-order valence-corrected chi connectivity index (χ1v) is 6.27. The first-order valence-electron chi connectivity index (χ1n) is 5.28. The van der Waals surface area contributed by atoms with Crippen LogP contribution in [0, 0.1) is 0 Å². The molecule has 0 bridgehead atoms. The summed E-state index contributed by atoms with van der Waals surface area (Å²) >= 11 is 1.79. The summed E-state index contributed by atoms with van der Waals surface area (Å²) in [5.41, 5.74) is 6.92. The summed E-state index contributed by atoms with van der Waals surface area (Å²) in [7, 11) is 0. The fourth-order valence-corrected chi connectivity index (χ4v) is 2.15. The molecular formula is C12H13N3OS. The second-order valence-electron chi connectivity index (χ2n) is 3.47. The normalized spacial score (nSPS) is 10.4. The maximum absolute atomic E-state index is 10.9. The van der Waals surface area contributed by atoms with Crippen molar-refractivity contribution in [1.29, 1.82) is 0 Å². The van der Waals surface area contributed by atoms with Gasteiger partial charge in [0.15, 0.2) is 5.82 Å². The Balaban J connectivity index is 2.23. The zero-order valence-electron chi connectivity index (χ0n) is 9.43. The highest BCUT2D eigenvalue weighted by Crippen LogP contribution is 2.22. The highest BCUT2D eigenvalue weighted by Gasteiger charge is 2.07. The molecule has 0 atom stereocenters. The van der Waals surface area contributed by atoms with Crippen molar-refractivity contribution in [3.8, 4) is 11.3 Å². The summed E-state index contributed by atoms with van der Waals surface area (Å²) in [5, 5.41) is 0. The molecule has 2 aromatic rings. The van der Waals surface area contributed by atoms with Gasteiger partial charge in [0, 0.05) is 4.90 Å². The van der Waals surface area contributed by atoms with Gasteiger partial charge in [-0.25, -0.2) is 4.98 Å². The average Bonchev–Trinajstić information content (AvgIpc) is 2.80. The number of carbonyl (C=O) groups excluding carboxylic acids is 1. The van der Waals surface area contributed by atoms with E-state index in [1.54, 1.807) is 18.0 Å². The number of thioether (sulfide) groups is 1. The van der Waals surface area contributed by atoms with Gasteiger partial charge in [-0.3, -0.25) is 4.79 Å². The Hall–Kier alpha value is -1.75. The molecule has 1 aromatic carbocycles. The molecule has 0 unspecified atom stereocenters. The third-order valence-corrected chi connectivity index (χ3v) is 3.18. The Labute approximate surface area is 104 Å². The van der Waals surface area contributed by atoms with E-state index < -0.39 is 5.91 Å². The smallest absolute Gasteiger partial charge is 0.284 e. The van der Waals surface area contributed by atoms with Crippen LogP contribution >= 0.6 is 11.8 Å². The molecule has 2 rings (SSSR count). The van der Waals surface area contributed by atoms with Crippen LogP contribution in [0.25, 0.3) is 11.3 Å². The quantitative estimate of drug-likeness (QED) is 0.814. The van der Waals surface area contributed by atoms with Crippen LogP contribution in [0.5, 0.6) is 0 Å². The molecule has 0 aliphatic rings. The largest absolute Gasteiger partial charge is 0.363 e. The van der Waals surface area contributed by atoms with Crippen molar-refractivity contribution in [2.24, 2.45) is 5.73 Å². The first-order chi connectivity index (χ1) is 8.20. The second-order valence-corrected chi connectivity index (χ2v) is 4.80. The van der Waals surface area contributed by atoms with Gasteiger partial charge in [-0.1, -0.05) is 19.1 Å². The number of rotatable bonds is 4. The zero-order valence-corrected chi connectivity index (χ0v) is 10.3. The van der Waals surface area contributed by atoms with Crippen LogP contribution in [-0.4, -0.2) is 21.6 Å². The van der Waals surface area contributed by atoms with E-state index in [0.29, 0.717) is 0 Å². The number of hydrogen-bond acceptors (Lipinski definition) is 3. The molecule has 1 amide bonds. The van der Waals surface area contributed by atoms with Crippen LogP contribution in [0.3, 0.4) is 0 Å². The summed E-state index contributed by atoms with van der Waals surface area (Å²) in [6.45, 7) is 2.12. The summed E-state index contributed by atoms with van der Waals surface area (Å²) < 4.78 is 0. The molecule has 17 heavy (non-hydrogen) atoms. The van der Waals surface area contributed by atoms with Crippen LogP contribution in [0.4, 0.5) is 0 Å².